The van der Waals surface area contributed by atoms with Gasteiger partial charge in [0.25, 0.3) is 0 Å². The minimum Gasteiger partial charge on any atom is -0.490 e. The summed E-state index contributed by atoms with van der Waals surface area (Å²) < 4.78 is 17.3. The van der Waals surface area contributed by atoms with Gasteiger partial charge in [0.05, 0.1) is 22.8 Å². The molecule has 3 rings (SSSR count). The van der Waals surface area contributed by atoms with Crippen molar-refractivity contribution >= 4 is 40.4 Å². The van der Waals surface area contributed by atoms with Crippen molar-refractivity contribution in [2.75, 3.05) is 19.8 Å². The average Bonchev–Trinajstić information content (AvgIpc) is 3.21. The van der Waals surface area contributed by atoms with Gasteiger partial charge in [0.15, 0.2) is 11.5 Å². The van der Waals surface area contributed by atoms with E-state index in [1.165, 1.54) is 0 Å². The van der Waals surface area contributed by atoms with Crippen LogP contribution in [-0.2, 0) is 11.3 Å². The predicted octanol–water partition coefficient (Wildman–Crippen LogP) is 5.42. The van der Waals surface area contributed by atoms with Gasteiger partial charge in [-0.15, -0.1) is 0 Å². The van der Waals surface area contributed by atoms with Crippen LogP contribution >= 0.6 is 35.4 Å². The minimum atomic E-state index is 0.234. The molecule has 1 fully saturated rings. The molecule has 4 nitrogen and oxygen atoms in total. The lowest BCUT2D eigenvalue weighted by Crippen LogP contribution is -2.31. The highest BCUT2D eigenvalue weighted by molar-refractivity contribution is 7.80. The lowest BCUT2D eigenvalue weighted by molar-refractivity contribution is 0.114. The number of hydrogen-bond donors (Lipinski definition) is 1. The summed E-state index contributed by atoms with van der Waals surface area (Å²) in [6.45, 7) is 4.38. The third kappa shape index (κ3) is 5.74. The van der Waals surface area contributed by atoms with E-state index < -0.39 is 0 Å². The first-order valence-electron chi connectivity index (χ1n) is 9.30. The highest BCUT2D eigenvalue weighted by Gasteiger charge is 2.16. The van der Waals surface area contributed by atoms with Crippen molar-refractivity contribution in [1.82, 2.24) is 5.32 Å². The van der Waals surface area contributed by atoms with E-state index in [9.17, 15) is 0 Å². The highest BCUT2D eigenvalue weighted by Crippen LogP contribution is 2.30. The van der Waals surface area contributed by atoms with Crippen molar-refractivity contribution in [2.24, 2.45) is 0 Å². The van der Waals surface area contributed by atoms with Crippen LogP contribution in [-0.4, -0.2) is 30.9 Å². The molecule has 7 heteroatoms. The van der Waals surface area contributed by atoms with Crippen molar-refractivity contribution in [3.63, 3.8) is 0 Å². The van der Waals surface area contributed by atoms with Gasteiger partial charge in [-0.25, -0.2) is 0 Å². The Kier molecular flexibility index (Phi) is 7.80. The molecule has 2 aromatic carbocycles. The molecule has 1 atom stereocenters. The lowest BCUT2D eigenvalue weighted by atomic mass is 10.2. The first-order valence-corrected chi connectivity index (χ1v) is 10.5. The van der Waals surface area contributed by atoms with E-state index in [1.54, 1.807) is 12.1 Å². The maximum absolute atomic E-state index is 6.07. The van der Waals surface area contributed by atoms with Crippen LogP contribution in [0.15, 0.2) is 36.4 Å². The summed E-state index contributed by atoms with van der Waals surface area (Å²) >= 11 is 17.5. The Balaban J connectivity index is 1.65. The van der Waals surface area contributed by atoms with E-state index >= 15 is 0 Å². The minimum absolute atomic E-state index is 0.234. The summed E-state index contributed by atoms with van der Waals surface area (Å²) in [4.78, 5) is 0.674. The molecule has 2 aromatic rings. The number of thiocarbonyl (C=S) groups is 1. The standard InChI is InChI=1S/C21H23Cl2NO3S/c1-2-25-20-11-15(21(28)24-12-16-4-3-9-26-16)6-8-19(20)27-13-14-5-7-17(22)18(23)10-14/h5-8,10-11,16H,2-4,9,12-13H2,1H3,(H,24,28)/t16-/m0/s1. The second kappa shape index (κ2) is 10.3. The summed E-state index contributed by atoms with van der Waals surface area (Å²) in [5.41, 5.74) is 1.81. The van der Waals surface area contributed by atoms with Gasteiger partial charge in [-0.05, 0) is 55.7 Å². The fraction of sp³-hybridized carbons (Fsp3) is 0.381. The molecule has 0 spiro atoms. The predicted molar refractivity (Wildman–Crippen MR) is 117 cm³/mol. The molecule has 0 aromatic heterocycles. The molecule has 150 valence electrons. The highest BCUT2D eigenvalue weighted by atomic mass is 35.5. The molecule has 1 aliphatic heterocycles. The van der Waals surface area contributed by atoms with Gasteiger partial charge in [0, 0.05) is 18.7 Å². The van der Waals surface area contributed by atoms with E-state index in [0.29, 0.717) is 39.7 Å². The molecule has 0 saturated carbocycles. The average molecular weight is 440 g/mol. The molecule has 0 radical (unpaired) electrons. The van der Waals surface area contributed by atoms with Crippen LogP contribution in [0.25, 0.3) is 0 Å². The molecule has 0 unspecified atom stereocenters. The molecule has 1 N–H and O–H groups in total. The van der Waals surface area contributed by atoms with Crippen molar-refractivity contribution in [3.05, 3.63) is 57.6 Å². The molecule has 1 heterocycles. The number of benzene rings is 2. The molecule has 1 saturated heterocycles. The summed E-state index contributed by atoms with van der Waals surface area (Å²) in [5.74, 6) is 1.31. The largest absolute Gasteiger partial charge is 0.490 e. The zero-order valence-corrected chi connectivity index (χ0v) is 18.0. The molecule has 0 bridgehead atoms. The Morgan fingerprint density at radius 1 is 1.14 bits per heavy atom. The van der Waals surface area contributed by atoms with Crippen LogP contribution < -0.4 is 14.8 Å². The second-order valence-corrected chi connectivity index (χ2v) is 7.70. The molecule has 0 amide bonds. The summed E-state index contributed by atoms with van der Waals surface area (Å²) in [7, 11) is 0. The van der Waals surface area contributed by atoms with Crippen molar-refractivity contribution in [2.45, 2.75) is 32.5 Å². The summed E-state index contributed by atoms with van der Waals surface area (Å²) in [5, 5.41) is 4.31. The summed E-state index contributed by atoms with van der Waals surface area (Å²) in [6, 6.07) is 11.1. The Morgan fingerprint density at radius 3 is 2.71 bits per heavy atom. The Hall–Kier alpha value is -1.53. The van der Waals surface area contributed by atoms with Gasteiger partial charge < -0.3 is 19.5 Å². The topological polar surface area (TPSA) is 39.7 Å². The van der Waals surface area contributed by atoms with Gasteiger partial charge in [-0.1, -0.05) is 41.5 Å². The maximum Gasteiger partial charge on any atom is 0.161 e. The number of nitrogens with one attached hydrogen (secondary N) is 1. The van der Waals surface area contributed by atoms with Crippen LogP contribution in [0, 0.1) is 0 Å². The normalized spacial score (nSPS) is 16.0. The van der Waals surface area contributed by atoms with Crippen LogP contribution in [0.4, 0.5) is 0 Å². The van der Waals surface area contributed by atoms with Crippen LogP contribution in [0.3, 0.4) is 0 Å². The van der Waals surface area contributed by atoms with Gasteiger partial charge in [0.1, 0.15) is 11.6 Å². The van der Waals surface area contributed by atoms with Gasteiger partial charge in [0.2, 0.25) is 0 Å². The Labute approximate surface area is 181 Å². The van der Waals surface area contributed by atoms with Crippen LogP contribution in [0.5, 0.6) is 11.5 Å². The fourth-order valence-electron chi connectivity index (χ4n) is 2.94. The first kappa shape index (κ1) is 21.2. The Bertz CT molecular complexity index is 825. The monoisotopic (exact) mass is 439 g/mol. The smallest absolute Gasteiger partial charge is 0.161 e. The molecular weight excluding hydrogens is 417 g/mol. The molecular formula is C21H23Cl2NO3S. The van der Waals surface area contributed by atoms with E-state index in [0.717, 1.165) is 37.1 Å². The van der Waals surface area contributed by atoms with Gasteiger partial charge >= 0.3 is 0 Å². The SMILES string of the molecule is CCOc1cc(C(=S)NC[C@@H]2CCCO2)ccc1OCc1ccc(Cl)c(Cl)c1. The zero-order chi connectivity index (χ0) is 19.9. The maximum atomic E-state index is 6.07. The second-order valence-electron chi connectivity index (χ2n) is 6.48. The summed E-state index contributed by atoms with van der Waals surface area (Å²) in [6.07, 6.45) is 2.41. The van der Waals surface area contributed by atoms with Crippen molar-refractivity contribution in [3.8, 4) is 11.5 Å². The van der Waals surface area contributed by atoms with Crippen molar-refractivity contribution in [1.29, 1.82) is 0 Å². The van der Waals surface area contributed by atoms with E-state index in [4.69, 9.17) is 49.6 Å². The zero-order valence-electron chi connectivity index (χ0n) is 15.7. The molecule has 0 aliphatic carbocycles. The quantitative estimate of drug-likeness (QED) is 0.556. The van der Waals surface area contributed by atoms with Crippen LogP contribution in [0.1, 0.15) is 30.9 Å². The molecule has 1 aliphatic rings. The fourth-order valence-corrected chi connectivity index (χ4v) is 3.47. The number of hydrogen-bond acceptors (Lipinski definition) is 4. The Morgan fingerprint density at radius 2 is 2.00 bits per heavy atom. The third-order valence-corrected chi connectivity index (χ3v) is 5.52. The van der Waals surface area contributed by atoms with E-state index in [-0.39, 0.29) is 6.10 Å². The van der Waals surface area contributed by atoms with E-state index in [2.05, 4.69) is 5.32 Å². The number of ether oxygens (including phenoxy) is 3. The van der Waals surface area contributed by atoms with Crippen molar-refractivity contribution < 1.29 is 14.2 Å². The van der Waals surface area contributed by atoms with Gasteiger partial charge in [-0.2, -0.15) is 0 Å². The third-order valence-electron chi connectivity index (χ3n) is 4.40. The lowest BCUT2D eigenvalue weighted by Gasteiger charge is -2.16. The first-order chi connectivity index (χ1) is 13.6. The number of halogens is 2. The van der Waals surface area contributed by atoms with Crippen LogP contribution in [0.2, 0.25) is 10.0 Å². The van der Waals surface area contributed by atoms with E-state index in [1.807, 2.05) is 31.2 Å². The molecule has 28 heavy (non-hydrogen) atoms. The van der Waals surface area contributed by atoms with Gasteiger partial charge in [-0.3, -0.25) is 0 Å². The number of rotatable bonds is 8.